The highest BCUT2D eigenvalue weighted by atomic mass is 79.9. The van der Waals surface area contributed by atoms with Crippen molar-refractivity contribution in [3.8, 4) is 0 Å². The summed E-state index contributed by atoms with van der Waals surface area (Å²) in [4.78, 5) is 11.8. The van der Waals surface area contributed by atoms with Gasteiger partial charge in [0.15, 0.2) is 0 Å². The maximum Gasteiger partial charge on any atom is 0.306 e. The van der Waals surface area contributed by atoms with Gasteiger partial charge in [-0.2, -0.15) is 0 Å². The van der Waals surface area contributed by atoms with Crippen LogP contribution in [-0.4, -0.2) is 11.6 Å². The van der Waals surface area contributed by atoms with Gasteiger partial charge in [0.2, 0.25) is 0 Å². The Balaban J connectivity index is 1.99. The van der Waals surface area contributed by atoms with Crippen LogP contribution in [0.2, 0.25) is 0 Å². The van der Waals surface area contributed by atoms with Crippen LogP contribution in [0.4, 0.5) is 0 Å². The van der Waals surface area contributed by atoms with Crippen LogP contribution < -0.4 is 0 Å². The molecule has 1 atom stereocenters. The average molecular weight is 339 g/mol. The number of esters is 1. The van der Waals surface area contributed by atoms with Crippen molar-refractivity contribution in [1.29, 1.82) is 0 Å². The van der Waals surface area contributed by atoms with Crippen LogP contribution in [0.25, 0.3) is 0 Å². The number of benzene rings is 1. The highest BCUT2D eigenvalue weighted by Crippen LogP contribution is 2.38. The number of carbonyl (C=O) groups excluding carboxylic acids is 1. The summed E-state index contributed by atoms with van der Waals surface area (Å²) in [5, 5.41) is 0. The van der Waals surface area contributed by atoms with Crippen molar-refractivity contribution in [2.45, 2.75) is 64.4 Å². The van der Waals surface area contributed by atoms with Crippen molar-refractivity contribution in [3.63, 3.8) is 0 Å². The molecule has 0 amide bonds. The molecule has 2 nitrogen and oxygen atoms in total. The molecule has 0 saturated heterocycles. The molecule has 0 bridgehead atoms. The number of hydrogen-bond acceptors (Lipinski definition) is 2. The van der Waals surface area contributed by atoms with Gasteiger partial charge in [0.25, 0.3) is 0 Å². The fraction of sp³-hybridized carbons (Fsp3) is 0.588. The lowest BCUT2D eigenvalue weighted by Gasteiger charge is -2.27. The van der Waals surface area contributed by atoms with E-state index in [4.69, 9.17) is 4.74 Å². The zero-order valence-corrected chi connectivity index (χ0v) is 14.1. The zero-order valence-electron chi connectivity index (χ0n) is 12.5. The van der Waals surface area contributed by atoms with E-state index in [0.717, 1.165) is 12.8 Å². The van der Waals surface area contributed by atoms with Crippen molar-refractivity contribution >= 4 is 21.9 Å². The molecule has 2 rings (SSSR count). The van der Waals surface area contributed by atoms with Crippen LogP contribution in [0.15, 0.2) is 22.7 Å². The van der Waals surface area contributed by atoms with Gasteiger partial charge in [0, 0.05) is 10.9 Å². The minimum atomic E-state index is -0.384. The summed E-state index contributed by atoms with van der Waals surface area (Å²) in [6, 6.07) is 6.41. The largest absolute Gasteiger partial charge is 0.460 e. The number of rotatable bonds is 3. The average Bonchev–Trinajstić information content (AvgIpc) is 2.35. The van der Waals surface area contributed by atoms with Crippen molar-refractivity contribution < 1.29 is 9.53 Å². The van der Waals surface area contributed by atoms with E-state index < -0.39 is 0 Å². The summed E-state index contributed by atoms with van der Waals surface area (Å²) < 4.78 is 6.60. The standard InChI is InChI=1S/C17H23BrO2/c1-17(2,3)20-16(19)11-10-12-6-4-8-14-13(12)7-5-9-15(14)18/h5,7,9,12H,4,6,8,10-11H2,1-3H3. The van der Waals surface area contributed by atoms with E-state index >= 15 is 0 Å². The van der Waals surface area contributed by atoms with Crippen molar-refractivity contribution in [3.05, 3.63) is 33.8 Å². The molecule has 0 N–H and O–H groups in total. The van der Waals surface area contributed by atoms with E-state index in [2.05, 4.69) is 34.1 Å². The van der Waals surface area contributed by atoms with Gasteiger partial charge in [-0.1, -0.05) is 28.1 Å². The maximum absolute atomic E-state index is 11.8. The Bertz CT molecular complexity index is 488. The molecule has 1 aromatic rings. The first kappa shape index (κ1) is 15.6. The molecule has 0 spiro atoms. The van der Waals surface area contributed by atoms with Gasteiger partial charge >= 0.3 is 5.97 Å². The minimum Gasteiger partial charge on any atom is -0.460 e. The first-order chi connectivity index (χ1) is 9.37. The molecule has 0 aliphatic heterocycles. The predicted octanol–water partition coefficient (Wildman–Crippen LogP) is 4.99. The molecule has 1 aliphatic carbocycles. The van der Waals surface area contributed by atoms with Gasteiger partial charge in [0.1, 0.15) is 5.60 Å². The molecule has 0 heterocycles. The molecule has 0 aromatic heterocycles. The van der Waals surface area contributed by atoms with Gasteiger partial charge in [-0.25, -0.2) is 0 Å². The van der Waals surface area contributed by atoms with Crippen LogP contribution in [0, 0.1) is 0 Å². The van der Waals surface area contributed by atoms with Crippen molar-refractivity contribution in [1.82, 2.24) is 0 Å². The van der Waals surface area contributed by atoms with E-state index in [-0.39, 0.29) is 11.6 Å². The van der Waals surface area contributed by atoms with E-state index in [1.54, 1.807) is 0 Å². The SMILES string of the molecule is CC(C)(C)OC(=O)CCC1CCCc2c(Br)cccc21. The quantitative estimate of drug-likeness (QED) is 0.725. The lowest BCUT2D eigenvalue weighted by molar-refractivity contribution is -0.155. The first-order valence-corrected chi connectivity index (χ1v) is 8.15. The molecular formula is C17H23BrO2. The molecule has 0 saturated carbocycles. The summed E-state index contributed by atoms with van der Waals surface area (Å²) in [6.45, 7) is 5.74. The fourth-order valence-corrected chi connectivity index (χ4v) is 3.47. The van der Waals surface area contributed by atoms with Crippen LogP contribution in [-0.2, 0) is 16.0 Å². The number of carbonyl (C=O) groups is 1. The lowest BCUT2D eigenvalue weighted by Crippen LogP contribution is -2.24. The topological polar surface area (TPSA) is 26.3 Å². The highest BCUT2D eigenvalue weighted by Gasteiger charge is 2.23. The van der Waals surface area contributed by atoms with Gasteiger partial charge in [0.05, 0.1) is 0 Å². The second-order valence-corrected chi connectivity index (χ2v) is 7.38. The predicted molar refractivity (Wildman–Crippen MR) is 84.9 cm³/mol. The van der Waals surface area contributed by atoms with Gasteiger partial charge < -0.3 is 4.74 Å². The Labute approximate surface area is 130 Å². The second-order valence-electron chi connectivity index (χ2n) is 6.52. The van der Waals surface area contributed by atoms with Gasteiger partial charge in [-0.05, 0) is 69.6 Å². The summed E-state index contributed by atoms with van der Waals surface area (Å²) in [5.74, 6) is 0.406. The number of halogens is 1. The highest BCUT2D eigenvalue weighted by molar-refractivity contribution is 9.10. The number of fused-ring (bicyclic) bond motifs is 1. The molecular weight excluding hydrogens is 316 g/mol. The van der Waals surface area contributed by atoms with Crippen LogP contribution in [0.5, 0.6) is 0 Å². The Kier molecular flexibility index (Phi) is 4.90. The molecule has 3 heteroatoms. The lowest BCUT2D eigenvalue weighted by atomic mass is 9.80. The van der Waals surface area contributed by atoms with Crippen LogP contribution >= 0.6 is 15.9 Å². The zero-order chi connectivity index (χ0) is 14.8. The molecule has 1 unspecified atom stereocenters. The van der Waals surface area contributed by atoms with E-state index in [0.29, 0.717) is 12.3 Å². The molecule has 0 radical (unpaired) electrons. The third-order valence-electron chi connectivity index (χ3n) is 3.69. The van der Waals surface area contributed by atoms with Gasteiger partial charge in [-0.3, -0.25) is 4.79 Å². The van der Waals surface area contributed by atoms with E-state index in [1.807, 2.05) is 20.8 Å². The Morgan fingerprint density at radius 3 is 2.85 bits per heavy atom. The van der Waals surface area contributed by atoms with Gasteiger partial charge in [-0.15, -0.1) is 0 Å². The van der Waals surface area contributed by atoms with Crippen LogP contribution in [0.1, 0.15) is 63.5 Å². The minimum absolute atomic E-state index is 0.0837. The first-order valence-electron chi connectivity index (χ1n) is 7.36. The van der Waals surface area contributed by atoms with E-state index in [9.17, 15) is 4.79 Å². The number of hydrogen-bond donors (Lipinski definition) is 0. The molecule has 1 aliphatic rings. The maximum atomic E-state index is 11.8. The Morgan fingerprint density at radius 1 is 1.40 bits per heavy atom. The second kappa shape index (κ2) is 6.30. The van der Waals surface area contributed by atoms with Crippen molar-refractivity contribution in [2.24, 2.45) is 0 Å². The monoisotopic (exact) mass is 338 g/mol. The molecule has 110 valence electrons. The number of ether oxygens (including phenoxy) is 1. The normalized spacial score (nSPS) is 18.5. The summed E-state index contributed by atoms with van der Waals surface area (Å²) in [5.41, 5.74) is 2.45. The Hall–Kier alpha value is -0.830. The summed E-state index contributed by atoms with van der Waals surface area (Å²) in [6.07, 6.45) is 4.91. The molecule has 1 aromatic carbocycles. The smallest absolute Gasteiger partial charge is 0.306 e. The third kappa shape index (κ3) is 4.08. The summed E-state index contributed by atoms with van der Waals surface area (Å²) in [7, 11) is 0. The van der Waals surface area contributed by atoms with E-state index in [1.165, 1.54) is 28.4 Å². The van der Waals surface area contributed by atoms with Crippen LogP contribution in [0.3, 0.4) is 0 Å². The fourth-order valence-electron chi connectivity index (χ4n) is 2.89. The molecule has 20 heavy (non-hydrogen) atoms. The third-order valence-corrected chi connectivity index (χ3v) is 4.43. The molecule has 0 fully saturated rings. The summed E-state index contributed by atoms with van der Waals surface area (Å²) >= 11 is 3.64. The Morgan fingerprint density at radius 2 is 2.15 bits per heavy atom. The van der Waals surface area contributed by atoms with Crippen molar-refractivity contribution in [2.75, 3.05) is 0 Å².